The summed E-state index contributed by atoms with van der Waals surface area (Å²) in [6.45, 7) is 12.4. The zero-order valence-corrected chi connectivity index (χ0v) is 58.1. The first-order chi connectivity index (χ1) is 45.0. The molecule has 94 heavy (non-hydrogen) atoms. The van der Waals surface area contributed by atoms with Crippen LogP contribution in [0.25, 0.3) is 18.2 Å². The Bertz CT molecular complexity index is 4590. The van der Waals surface area contributed by atoms with Gasteiger partial charge in [0.1, 0.15) is 17.2 Å². The van der Waals surface area contributed by atoms with E-state index in [0.717, 1.165) is 54.9 Å². The van der Waals surface area contributed by atoms with Crippen molar-refractivity contribution in [1.82, 2.24) is 13.7 Å². The number of nitrogens with zero attached hydrogens (tertiary/aromatic N) is 6. The Balaban J connectivity index is 0.000000161. The smallest absolute Gasteiger partial charge is 0.338 e. The van der Waals surface area contributed by atoms with E-state index in [9.17, 15) is 28.8 Å². The van der Waals surface area contributed by atoms with Gasteiger partial charge >= 0.3 is 17.9 Å². The SMILES string of the molecule is CC(=O)O.COC(=O)C1=C(C)N=c2s/c(=C/c3sccc3C)c(=O)n2C1c1ccc(OC)cc1.COC(=O)C1=C(C)N=c2s/c(=C/c3sccc3C)c(=O)n2C1c1ccc(OC)cc1.COC(=O)C1=C(C)N=c2s/c(=C/c3sccc3C)c(=O)n2C1c1ccc(OC)cc1. The van der Waals surface area contributed by atoms with Crippen LogP contribution in [-0.2, 0) is 33.4 Å². The number of aromatic nitrogens is 3. The quantitative estimate of drug-likeness (QED) is 0.0891. The van der Waals surface area contributed by atoms with Crippen LogP contribution in [0.1, 0.15) is 93.8 Å². The van der Waals surface area contributed by atoms with Gasteiger partial charge < -0.3 is 33.5 Å². The van der Waals surface area contributed by atoms with E-state index in [1.807, 2.05) is 146 Å². The fourth-order valence-corrected chi connectivity index (χ4v) is 16.2. The normalized spacial score (nSPS) is 15.8. The number of methoxy groups -OCH3 is 6. The van der Waals surface area contributed by atoms with E-state index in [1.54, 1.807) is 89.8 Å². The molecule has 9 heterocycles. The van der Waals surface area contributed by atoms with Crippen molar-refractivity contribution < 1.29 is 52.7 Å². The van der Waals surface area contributed by atoms with Crippen LogP contribution in [0, 0.1) is 20.8 Å². The highest BCUT2D eigenvalue weighted by molar-refractivity contribution is 7.12. The summed E-state index contributed by atoms with van der Waals surface area (Å²) in [7, 11) is 8.77. The van der Waals surface area contributed by atoms with Gasteiger partial charge in [-0.3, -0.25) is 32.9 Å². The number of aryl methyl sites for hydroxylation is 3. The highest BCUT2D eigenvalue weighted by Crippen LogP contribution is 2.35. The Labute approximate surface area is 562 Å². The Kier molecular flexibility index (Phi) is 22.1. The van der Waals surface area contributed by atoms with Crippen LogP contribution in [0.4, 0.5) is 0 Å². The van der Waals surface area contributed by atoms with Gasteiger partial charge in [0.15, 0.2) is 14.4 Å². The minimum atomic E-state index is -0.833. The van der Waals surface area contributed by atoms with Gasteiger partial charge in [-0.2, -0.15) is 0 Å². The van der Waals surface area contributed by atoms with Gasteiger partial charge in [0, 0.05) is 21.6 Å². The maximum atomic E-state index is 13.4. The number of hydrogen-bond acceptors (Lipinski definition) is 22. The average Bonchev–Trinajstić information content (AvgIpc) is 1.54. The molecule has 3 unspecified atom stereocenters. The Morgan fingerprint density at radius 3 is 0.840 bits per heavy atom. The molecule has 20 nitrogen and oxygen atoms in total. The molecule has 6 aromatic heterocycles. The van der Waals surface area contributed by atoms with Crippen LogP contribution in [0.5, 0.6) is 17.2 Å². The number of thiophene rings is 3. The molecule has 0 saturated heterocycles. The number of hydrogen-bond donors (Lipinski definition) is 1. The van der Waals surface area contributed by atoms with Crippen molar-refractivity contribution in [2.75, 3.05) is 42.7 Å². The molecule has 0 bridgehead atoms. The number of aliphatic carboxylic acids is 1. The second-order valence-electron chi connectivity index (χ2n) is 21.0. The molecule has 12 rings (SSSR count). The van der Waals surface area contributed by atoms with Gasteiger partial charge in [0.25, 0.3) is 22.6 Å². The van der Waals surface area contributed by atoms with E-state index in [0.29, 0.717) is 79.1 Å². The number of carboxylic acids is 1. The second kappa shape index (κ2) is 30.1. The maximum absolute atomic E-state index is 13.4. The molecule has 0 fully saturated rings. The van der Waals surface area contributed by atoms with E-state index in [-0.39, 0.29) is 16.7 Å². The van der Waals surface area contributed by atoms with Crippen LogP contribution in [-0.4, -0.2) is 85.3 Å². The van der Waals surface area contributed by atoms with E-state index in [2.05, 4.69) is 15.0 Å². The second-order valence-corrected chi connectivity index (χ2v) is 26.8. The van der Waals surface area contributed by atoms with Crippen molar-refractivity contribution in [3.8, 4) is 17.2 Å². The zero-order chi connectivity index (χ0) is 67.8. The van der Waals surface area contributed by atoms with Crippen LogP contribution < -0.4 is 58.9 Å². The Morgan fingerprint density at radius 1 is 0.415 bits per heavy atom. The van der Waals surface area contributed by atoms with Crippen molar-refractivity contribution in [3.63, 3.8) is 0 Å². The molecule has 9 aromatic rings. The van der Waals surface area contributed by atoms with E-state index in [1.165, 1.54) is 55.3 Å². The van der Waals surface area contributed by atoms with Gasteiger partial charge in [0.2, 0.25) is 0 Å². The molecule has 0 amide bonds. The predicted molar refractivity (Wildman–Crippen MR) is 367 cm³/mol. The summed E-state index contributed by atoms with van der Waals surface area (Å²) in [5.41, 5.74) is 7.85. The Hall–Kier alpha value is -9.44. The molecule has 0 radical (unpaired) electrons. The van der Waals surface area contributed by atoms with Gasteiger partial charge in [-0.1, -0.05) is 70.4 Å². The zero-order valence-electron chi connectivity index (χ0n) is 53.2. The number of rotatable bonds is 12. The molecular weight excluding hydrogens is 1320 g/mol. The average molecular weight is 1380 g/mol. The summed E-state index contributed by atoms with van der Waals surface area (Å²) in [5, 5.41) is 13.4. The molecule has 486 valence electrons. The summed E-state index contributed by atoms with van der Waals surface area (Å²) in [5.74, 6) is -0.250. The topological polar surface area (TPSA) is 247 Å². The lowest BCUT2D eigenvalue weighted by molar-refractivity contribution is -0.137. The molecule has 3 aromatic carbocycles. The number of carbonyl (C=O) groups excluding carboxylic acids is 3. The number of allylic oxidation sites excluding steroid dienone is 3. The number of benzene rings is 3. The van der Waals surface area contributed by atoms with Gasteiger partial charge in [-0.15, -0.1) is 34.0 Å². The van der Waals surface area contributed by atoms with Gasteiger partial charge in [-0.25, -0.2) is 29.4 Å². The fourth-order valence-electron chi connectivity index (χ4n) is 10.3. The monoisotopic (exact) mass is 1380 g/mol. The molecule has 3 atom stereocenters. The molecule has 0 spiro atoms. The summed E-state index contributed by atoms with van der Waals surface area (Å²) in [6.07, 6.45) is 5.68. The minimum Gasteiger partial charge on any atom is -0.497 e. The van der Waals surface area contributed by atoms with Gasteiger partial charge in [0.05, 0.1) is 108 Å². The third kappa shape index (κ3) is 14.5. The van der Waals surface area contributed by atoms with Crippen molar-refractivity contribution in [1.29, 1.82) is 0 Å². The third-order valence-electron chi connectivity index (χ3n) is 15.1. The van der Waals surface area contributed by atoms with Crippen molar-refractivity contribution in [2.45, 2.75) is 66.6 Å². The summed E-state index contributed by atoms with van der Waals surface area (Å²) >= 11 is 8.72. The first kappa shape index (κ1) is 68.9. The lowest BCUT2D eigenvalue weighted by atomic mass is 9.96. The summed E-state index contributed by atoms with van der Waals surface area (Å²) < 4.78 is 37.3. The van der Waals surface area contributed by atoms with E-state index in [4.69, 9.17) is 38.3 Å². The lowest BCUT2D eigenvalue weighted by Crippen LogP contribution is -2.39. The number of ether oxygens (including phenoxy) is 6. The predicted octanol–water partition coefficient (Wildman–Crippen LogP) is 8.45. The van der Waals surface area contributed by atoms with Crippen molar-refractivity contribution >= 4 is 110 Å². The Morgan fingerprint density at radius 2 is 0.649 bits per heavy atom. The molecule has 3 aliphatic heterocycles. The largest absolute Gasteiger partial charge is 0.497 e. The number of esters is 3. The standard InChI is InChI=1S/3C22H20N2O4S2.C2H4O2/c3*1-12-9-10-29-16(12)11-17-20(25)24-19(14-5-7-15(27-3)8-6-14)18(21(26)28-4)13(2)23-22(24)30-17;1-2(3)4/h3*5-11,19H,1-4H3;1H3,(H,3,4)/b3*17-11+;. The van der Waals surface area contributed by atoms with Crippen molar-refractivity contribution in [2.24, 2.45) is 15.0 Å². The maximum Gasteiger partial charge on any atom is 0.338 e. The number of carbonyl (C=O) groups is 4. The van der Waals surface area contributed by atoms with Crippen LogP contribution in [0.2, 0.25) is 0 Å². The molecule has 0 saturated carbocycles. The first-order valence-corrected chi connectivity index (χ1v) is 33.7. The highest BCUT2D eigenvalue weighted by Gasteiger charge is 2.36. The molecular formula is C68H64N6O14S6. The van der Waals surface area contributed by atoms with Crippen molar-refractivity contribution in [3.05, 3.63) is 248 Å². The summed E-state index contributed by atoms with van der Waals surface area (Å²) in [6, 6.07) is 26.2. The minimum absolute atomic E-state index is 0.179. The fraction of sp³-hybridized carbons (Fsp3) is 0.235. The van der Waals surface area contributed by atoms with Crippen LogP contribution in [0.3, 0.4) is 0 Å². The first-order valence-electron chi connectivity index (χ1n) is 28.6. The molecule has 0 aliphatic carbocycles. The lowest BCUT2D eigenvalue weighted by Gasteiger charge is -2.24. The third-order valence-corrected chi connectivity index (χ3v) is 20.9. The summed E-state index contributed by atoms with van der Waals surface area (Å²) in [4.78, 5) is 106. The van der Waals surface area contributed by atoms with Crippen LogP contribution >= 0.6 is 68.0 Å². The van der Waals surface area contributed by atoms with Crippen LogP contribution in [0.15, 0.2) is 170 Å². The van der Waals surface area contributed by atoms with E-state index >= 15 is 0 Å². The highest BCUT2D eigenvalue weighted by atomic mass is 32.1. The molecule has 26 heteroatoms. The number of thiazole rings is 3. The molecule has 1 N–H and O–H groups in total. The number of fused-ring (bicyclic) bond motifs is 3. The number of carboxylic acid groups (broad SMARTS) is 1. The van der Waals surface area contributed by atoms with E-state index < -0.39 is 42.0 Å². The van der Waals surface area contributed by atoms with Gasteiger partial charge in [-0.05, 0) is 164 Å². The molecule has 3 aliphatic rings.